The van der Waals surface area contributed by atoms with Gasteiger partial charge in [-0.25, -0.2) is 4.68 Å². The zero-order valence-corrected chi connectivity index (χ0v) is 14.3. The molecule has 1 fully saturated rings. The van der Waals surface area contributed by atoms with Crippen LogP contribution in [0, 0.1) is 0 Å². The van der Waals surface area contributed by atoms with Crippen LogP contribution in [0.3, 0.4) is 0 Å². The van der Waals surface area contributed by atoms with Gasteiger partial charge in [0, 0.05) is 50.2 Å². The summed E-state index contributed by atoms with van der Waals surface area (Å²) in [7, 11) is 1.95. The highest BCUT2D eigenvalue weighted by Gasteiger charge is 2.37. The summed E-state index contributed by atoms with van der Waals surface area (Å²) >= 11 is 0. The van der Waals surface area contributed by atoms with Crippen molar-refractivity contribution in [1.82, 2.24) is 29.7 Å². The Bertz CT molecular complexity index is 829. The van der Waals surface area contributed by atoms with Crippen LogP contribution in [0.5, 0.6) is 0 Å². The summed E-state index contributed by atoms with van der Waals surface area (Å²) in [6.45, 7) is 2.73. The van der Waals surface area contributed by atoms with E-state index in [2.05, 4.69) is 38.6 Å². The predicted octanol–water partition coefficient (Wildman–Crippen LogP) is 1.32. The second-order valence-corrected chi connectivity index (χ2v) is 6.83. The molecule has 3 aromatic rings. The van der Waals surface area contributed by atoms with Crippen molar-refractivity contribution in [2.45, 2.75) is 25.1 Å². The molecule has 1 saturated heterocycles. The fourth-order valence-corrected chi connectivity index (χ4v) is 3.56. The van der Waals surface area contributed by atoms with Crippen LogP contribution in [0.25, 0.3) is 11.3 Å². The number of benzene rings is 1. The molecule has 1 aliphatic heterocycles. The van der Waals surface area contributed by atoms with Crippen LogP contribution in [0.1, 0.15) is 12.0 Å². The highest BCUT2D eigenvalue weighted by Crippen LogP contribution is 2.28. The molecule has 1 aliphatic rings. The third-order valence-corrected chi connectivity index (χ3v) is 4.69. The number of aromatic nitrogens is 5. The van der Waals surface area contributed by atoms with Crippen LogP contribution in [-0.2, 0) is 20.1 Å². The van der Waals surface area contributed by atoms with E-state index in [1.807, 2.05) is 29.9 Å². The highest BCUT2D eigenvalue weighted by atomic mass is 16.3. The number of hydrogen-bond acceptors (Lipinski definition) is 5. The van der Waals surface area contributed by atoms with E-state index in [0.717, 1.165) is 30.8 Å². The number of likely N-dealkylation sites (tertiary alicyclic amines) is 1. The molecule has 2 aromatic heterocycles. The molecule has 130 valence electrons. The van der Waals surface area contributed by atoms with Gasteiger partial charge < -0.3 is 5.11 Å². The molecule has 3 heterocycles. The first kappa shape index (κ1) is 16.0. The van der Waals surface area contributed by atoms with Crippen molar-refractivity contribution in [3.05, 3.63) is 54.5 Å². The molecule has 0 spiro atoms. The quantitative estimate of drug-likeness (QED) is 0.759. The Hall–Kier alpha value is -2.51. The van der Waals surface area contributed by atoms with Gasteiger partial charge in [0.05, 0.1) is 24.0 Å². The first-order valence-electron chi connectivity index (χ1n) is 8.48. The summed E-state index contributed by atoms with van der Waals surface area (Å²) in [5.41, 5.74) is 2.55. The molecule has 1 aromatic carbocycles. The van der Waals surface area contributed by atoms with Gasteiger partial charge in [0.25, 0.3) is 0 Å². The smallest absolute Gasteiger partial charge is 0.0981 e. The van der Waals surface area contributed by atoms with Crippen molar-refractivity contribution >= 4 is 0 Å². The largest absolute Gasteiger partial charge is 0.387 e. The van der Waals surface area contributed by atoms with E-state index in [4.69, 9.17) is 0 Å². The average molecular weight is 338 g/mol. The van der Waals surface area contributed by atoms with Gasteiger partial charge >= 0.3 is 0 Å². The van der Waals surface area contributed by atoms with Gasteiger partial charge in [0.1, 0.15) is 0 Å². The van der Waals surface area contributed by atoms with Crippen LogP contribution in [0.15, 0.2) is 48.9 Å². The summed E-state index contributed by atoms with van der Waals surface area (Å²) in [6.07, 6.45) is 6.22. The van der Waals surface area contributed by atoms with Crippen LogP contribution < -0.4 is 0 Å². The minimum absolute atomic E-state index is 0.474. The predicted molar refractivity (Wildman–Crippen MR) is 93.5 cm³/mol. The number of β-amino-alcohol motifs (C(OH)–C–C–N with tert-alkyl or cyclic N) is 1. The van der Waals surface area contributed by atoms with E-state index < -0.39 is 5.60 Å². The molecule has 1 atom stereocenters. The molecule has 1 N–H and O–H groups in total. The maximum Gasteiger partial charge on any atom is 0.0981 e. The highest BCUT2D eigenvalue weighted by molar-refractivity contribution is 5.62. The maximum atomic E-state index is 10.9. The van der Waals surface area contributed by atoms with E-state index in [1.54, 1.807) is 17.1 Å². The Morgan fingerprint density at radius 3 is 2.84 bits per heavy atom. The lowest BCUT2D eigenvalue weighted by Gasteiger charge is -2.23. The molecule has 7 nitrogen and oxygen atoms in total. The SMILES string of the molecule is Cn1cc(CN2CCC(O)(Cn3ccnn3)C2)c(-c2ccccc2)n1. The fourth-order valence-electron chi connectivity index (χ4n) is 3.56. The van der Waals surface area contributed by atoms with Crippen molar-refractivity contribution in [2.75, 3.05) is 13.1 Å². The average Bonchev–Trinajstić information content (AvgIpc) is 3.31. The van der Waals surface area contributed by atoms with Crippen molar-refractivity contribution in [3.8, 4) is 11.3 Å². The summed E-state index contributed by atoms with van der Waals surface area (Å²) in [5, 5.41) is 23.3. The van der Waals surface area contributed by atoms with E-state index in [1.165, 1.54) is 5.56 Å². The second-order valence-electron chi connectivity index (χ2n) is 6.83. The molecule has 0 amide bonds. The Labute approximate surface area is 146 Å². The summed E-state index contributed by atoms with van der Waals surface area (Å²) in [6, 6.07) is 10.2. The number of rotatable bonds is 5. The van der Waals surface area contributed by atoms with E-state index >= 15 is 0 Å². The monoisotopic (exact) mass is 338 g/mol. The molecular weight excluding hydrogens is 316 g/mol. The second kappa shape index (κ2) is 6.42. The molecule has 4 rings (SSSR count). The standard InChI is InChI=1S/C18H22N6O/c1-22-11-16(17(20-22)15-5-3-2-4-6-15)12-23-9-7-18(25,13-23)14-24-10-8-19-21-24/h2-6,8,10-11,25H,7,9,12-14H2,1H3. The topological polar surface area (TPSA) is 72.0 Å². The zero-order chi connectivity index (χ0) is 17.3. The van der Waals surface area contributed by atoms with E-state index in [0.29, 0.717) is 13.1 Å². The zero-order valence-electron chi connectivity index (χ0n) is 14.3. The minimum atomic E-state index is -0.761. The number of aliphatic hydroxyl groups is 1. The Morgan fingerprint density at radius 1 is 1.24 bits per heavy atom. The van der Waals surface area contributed by atoms with Gasteiger partial charge in [-0.15, -0.1) is 5.10 Å². The first-order valence-corrected chi connectivity index (χ1v) is 8.48. The molecule has 1 unspecified atom stereocenters. The van der Waals surface area contributed by atoms with E-state index in [9.17, 15) is 5.11 Å². The number of nitrogens with zero attached hydrogens (tertiary/aromatic N) is 6. The number of aryl methyl sites for hydroxylation is 1. The van der Waals surface area contributed by atoms with Crippen molar-refractivity contribution < 1.29 is 5.11 Å². The van der Waals surface area contributed by atoms with Gasteiger partial charge in [0.2, 0.25) is 0 Å². The van der Waals surface area contributed by atoms with Crippen molar-refractivity contribution in [1.29, 1.82) is 0 Å². The maximum absolute atomic E-state index is 10.9. The fraction of sp³-hybridized carbons (Fsp3) is 0.389. The van der Waals surface area contributed by atoms with Crippen LogP contribution >= 0.6 is 0 Å². The molecule has 7 heteroatoms. The molecule has 0 bridgehead atoms. The Morgan fingerprint density at radius 2 is 2.08 bits per heavy atom. The lowest BCUT2D eigenvalue weighted by atomic mass is 10.0. The molecule has 0 saturated carbocycles. The van der Waals surface area contributed by atoms with Gasteiger partial charge in [-0.2, -0.15) is 5.10 Å². The normalized spacial score (nSPS) is 21.0. The van der Waals surface area contributed by atoms with Crippen LogP contribution in [0.4, 0.5) is 0 Å². The van der Waals surface area contributed by atoms with Crippen LogP contribution in [-0.4, -0.2) is 53.5 Å². The van der Waals surface area contributed by atoms with Gasteiger partial charge in [-0.05, 0) is 6.42 Å². The van der Waals surface area contributed by atoms with Crippen molar-refractivity contribution in [3.63, 3.8) is 0 Å². The molecule has 0 aliphatic carbocycles. The van der Waals surface area contributed by atoms with E-state index in [-0.39, 0.29) is 0 Å². The molecular formula is C18H22N6O. The third-order valence-electron chi connectivity index (χ3n) is 4.69. The van der Waals surface area contributed by atoms with Gasteiger partial charge in [0.15, 0.2) is 0 Å². The Balaban J connectivity index is 1.48. The lowest BCUT2D eigenvalue weighted by molar-refractivity contribution is 0.0274. The van der Waals surface area contributed by atoms with Gasteiger partial charge in [-0.3, -0.25) is 9.58 Å². The van der Waals surface area contributed by atoms with Crippen LogP contribution in [0.2, 0.25) is 0 Å². The van der Waals surface area contributed by atoms with Gasteiger partial charge in [-0.1, -0.05) is 35.5 Å². The minimum Gasteiger partial charge on any atom is -0.387 e. The summed E-state index contributed by atoms with van der Waals surface area (Å²) in [5.74, 6) is 0. The van der Waals surface area contributed by atoms with Crippen molar-refractivity contribution in [2.24, 2.45) is 7.05 Å². The molecule has 0 radical (unpaired) electrons. The molecule has 25 heavy (non-hydrogen) atoms. The Kier molecular flexibility index (Phi) is 4.10. The summed E-state index contributed by atoms with van der Waals surface area (Å²) < 4.78 is 3.55. The third kappa shape index (κ3) is 3.47. The summed E-state index contributed by atoms with van der Waals surface area (Å²) in [4.78, 5) is 2.28. The lowest BCUT2D eigenvalue weighted by Crippen LogP contribution is -2.37. The number of hydrogen-bond donors (Lipinski definition) is 1. The first-order chi connectivity index (χ1) is 12.1.